The smallest absolute Gasteiger partial charge is 0.269 e. The molecule has 3 rings (SSSR count). The molecule has 2 amide bonds. The van der Waals surface area contributed by atoms with Crippen LogP contribution in [0.2, 0.25) is 0 Å². The van der Waals surface area contributed by atoms with E-state index in [9.17, 15) is 18.0 Å². The van der Waals surface area contributed by atoms with E-state index in [-0.39, 0.29) is 23.5 Å². The van der Waals surface area contributed by atoms with Crippen LogP contribution < -0.4 is 9.47 Å². The van der Waals surface area contributed by atoms with Crippen molar-refractivity contribution in [3.05, 3.63) is 66.2 Å². The zero-order valence-electron chi connectivity index (χ0n) is 16.7. The predicted octanol–water partition coefficient (Wildman–Crippen LogP) is 2.06. The van der Waals surface area contributed by atoms with Gasteiger partial charge in [-0.1, -0.05) is 30.3 Å². The fourth-order valence-corrected chi connectivity index (χ4v) is 4.82. The Balaban J connectivity index is 1.86. The van der Waals surface area contributed by atoms with Gasteiger partial charge >= 0.3 is 0 Å². The standard InChI is InChI=1S/C21H22N2O6S/c1-4-12-22(13-15-8-7-10-17(28-2)20(15)29-3)19(24)14-23-21(25)16-9-5-6-11-18(16)30(23,26)27/h4-11H,1,12-14H2,2-3H3. The minimum Gasteiger partial charge on any atom is -0.493 e. The average molecular weight is 430 g/mol. The fraction of sp³-hybridized carbons (Fsp3) is 0.238. The molecule has 0 aliphatic carbocycles. The molecule has 0 unspecified atom stereocenters. The summed E-state index contributed by atoms with van der Waals surface area (Å²) in [5.74, 6) is -0.270. The summed E-state index contributed by atoms with van der Waals surface area (Å²) >= 11 is 0. The first-order valence-corrected chi connectivity index (χ1v) is 10.5. The van der Waals surface area contributed by atoms with Gasteiger partial charge in [-0.05, 0) is 18.2 Å². The summed E-state index contributed by atoms with van der Waals surface area (Å²) in [5, 5.41) is 0. The molecule has 0 atom stereocenters. The van der Waals surface area contributed by atoms with Gasteiger partial charge in [-0.2, -0.15) is 0 Å². The highest BCUT2D eigenvalue weighted by Gasteiger charge is 2.42. The molecule has 0 aromatic heterocycles. The molecule has 2 aromatic carbocycles. The summed E-state index contributed by atoms with van der Waals surface area (Å²) < 4.78 is 36.8. The Morgan fingerprint density at radius 1 is 1.13 bits per heavy atom. The molecule has 0 spiro atoms. The zero-order valence-corrected chi connectivity index (χ0v) is 17.5. The molecule has 1 aliphatic heterocycles. The Hall–Kier alpha value is -3.33. The molecule has 1 heterocycles. The Morgan fingerprint density at radius 2 is 1.87 bits per heavy atom. The molecule has 30 heavy (non-hydrogen) atoms. The number of hydrogen-bond acceptors (Lipinski definition) is 6. The third kappa shape index (κ3) is 3.76. The molecule has 2 aromatic rings. The molecule has 0 N–H and O–H groups in total. The van der Waals surface area contributed by atoms with E-state index < -0.39 is 28.4 Å². The van der Waals surface area contributed by atoms with Crippen molar-refractivity contribution in [1.82, 2.24) is 9.21 Å². The highest BCUT2D eigenvalue weighted by atomic mass is 32.2. The van der Waals surface area contributed by atoms with Crippen LogP contribution in [-0.2, 0) is 21.4 Å². The lowest BCUT2D eigenvalue weighted by Crippen LogP contribution is -2.42. The van der Waals surface area contributed by atoms with Gasteiger partial charge in [0.25, 0.3) is 15.9 Å². The molecule has 8 nitrogen and oxygen atoms in total. The van der Waals surface area contributed by atoms with Gasteiger partial charge in [0, 0.05) is 18.7 Å². The maximum absolute atomic E-state index is 13.0. The summed E-state index contributed by atoms with van der Waals surface area (Å²) in [5.41, 5.74) is 0.737. The SMILES string of the molecule is C=CCN(Cc1cccc(OC)c1OC)C(=O)CN1C(=O)c2ccccc2S1(=O)=O. The number of fused-ring (bicyclic) bond motifs is 1. The number of para-hydroxylation sites is 1. The number of carbonyl (C=O) groups excluding carboxylic acids is 2. The second-order valence-corrected chi connectivity index (χ2v) is 8.36. The highest BCUT2D eigenvalue weighted by molar-refractivity contribution is 7.90. The fourth-order valence-electron chi connectivity index (χ4n) is 3.30. The van der Waals surface area contributed by atoms with Crippen LogP contribution in [0.25, 0.3) is 0 Å². The first kappa shape index (κ1) is 21.4. The molecule has 9 heteroatoms. The van der Waals surface area contributed by atoms with Crippen molar-refractivity contribution in [3.8, 4) is 11.5 Å². The predicted molar refractivity (Wildman–Crippen MR) is 110 cm³/mol. The van der Waals surface area contributed by atoms with Crippen molar-refractivity contribution in [3.63, 3.8) is 0 Å². The first-order chi connectivity index (χ1) is 14.3. The molecular formula is C21H22N2O6S. The van der Waals surface area contributed by atoms with E-state index in [0.29, 0.717) is 21.4 Å². The van der Waals surface area contributed by atoms with E-state index in [2.05, 4.69) is 6.58 Å². The van der Waals surface area contributed by atoms with Crippen LogP contribution in [0.1, 0.15) is 15.9 Å². The third-order valence-electron chi connectivity index (χ3n) is 4.74. The topological polar surface area (TPSA) is 93.2 Å². The van der Waals surface area contributed by atoms with E-state index in [4.69, 9.17) is 9.47 Å². The molecule has 158 valence electrons. The summed E-state index contributed by atoms with van der Waals surface area (Å²) in [6.07, 6.45) is 1.53. The number of methoxy groups -OCH3 is 2. The largest absolute Gasteiger partial charge is 0.493 e. The minimum absolute atomic E-state index is 0.0648. The lowest BCUT2D eigenvalue weighted by atomic mass is 10.1. The second kappa shape index (κ2) is 8.58. The van der Waals surface area contributed by atoms with Gasteiger partial charge in [0.15, 0.2) is 11.5 Å². The average Bonchev–Trinajstić information content (AvgIpc) is 2.94. The number of carbonyl (C=O) groups is 2. The minimum atomic E-state index is -4.07. The van der Waals surface area contributed by atoms with Crippen LogP contribution in [-0.4, -0.2) is 56.7 Å². The number of sulfonamides is 1. The van der Waals surface area contributed by atoms with E-state index in [0.717, 1.165) is 0 Å². The van der Waals surface area contributed by atoms with E-state index in [1.807, 2.05) is 0 Å². The van der Waals surface area contributed by atoms with E-state index in [1.165, 1.54) is 43.4 Å². The zero-order chi connectivity index (χ0) is 21.9. The van der Waals surface area contributed by atoms with Gasteiger partial charge in [0.1, 0.15) is 11.4 Å². The van der Waals surface area contributed by atoms with Gasteiger partial charge in [-0.15, -0.1) is 6.58 Å². The van der Waals surface area contributed by atoms with E-state index >= 15 is 0 Å². The van der Waals surface area contributed by atoms with Gasteiger partial charge in [0.05, 0.1) is 19.8 Å². The number of ether oxygens (including phenoxy) is 2. The second-order valence-electron chi connectivity index (χ2n) is 6.53. The molecule has 0 bridgehead atoms. The van der Waals surface area contributed by atoms with Gasteiger partial charge in [-0.25, -0.2) is 12.7 Å². The molecule has 1 aliphatic rings. The Labute approximate surface area is 175 Å². The van der Waals surface area contributed by atoms with Crippen LogP contribution in [0.15, 0.2) is 60.0 Å². The van der Waals surface area contributed by atoms with Gasteiger partial charge in [0.2, 0.25) is 5.91 Å². The van der Waals surface area contributed by atoms with Gasteiger partial charge < -0.3 is 14.4 Å². The maximum Gasteiger partial charge on any atom is 0.269 e. The van der Waals surface area contributed by atoms with Crippen molar-refractivity contribution in [2.75, 3.05) is 27.3 Å². The Kier molecular flexibility index (Phi) is 6.12. The first-order valence-electron chi connectivity index (χ1n) is 9.09. The number of rotatable bonds is 8. The monoisotopic (exact) mass is 430 g/mol. The molecular weight excluding hydrogens is 408 g/mol. The summed E-state index contributed by atoms with van der Waals surface area (Å²) in [4.78, 5) is 26.9. The van der Waals surface area contributed by atoms with Crippen molar-refractivity contribution >= 4 is 21.8 Å². The van der Waals surface area contributed by atoms with Gasteiger partial charge in [-0.3, -0.25) is 9.59 Å². The summed E-state index contributed by atoms with van der Waals surface area (Å²) in [6, 6.07) is 11.2. The van der Waals surface area contributed by atoms with Crippen LogP contribution in [0.5, 0.6) is 11.5 Å². The molecule has 0 fully saturated rings. The number of nitrogens with zero attached hydrogens (tertiary/aromatic N) is 2. The molecule has 0 saturated heterocycles. The summed E-state index contributed by atoms with van der Waals surface area (Å²) in [6.45, 7) is 3.34. The van der Waals surface area contributed by atoms with Crippen LogP contribution in [0.4, 0.5) is 0 Å². The normalized spacial score (nSPS) is 14.2. The van der Waals surface area contributed by atoms with Crippen LogP contribution in [0, 0.1) is 0 Å². The van der Waals surface area contributed by atoms with Crippen molar-refractivity contribution in [2.24, 2.45) is 0 Å². The number of hydrogen-bond donors (Lipinski definition) is 0. The van der Waals surface area contributed by atoms with Crippen LogP contribution in [0.3, 0.4) is 0 Å². The van der Waals surface area contributed by atoms with Crippen molar-refractivity contribution < 1.29 is 27.5 Å². The summed E-state index contributed by atoms with van der Waals surface area (Å²) in [7, 11) is -1.07. The van der Waals surface area contributed by atoms with E-state index in [1.54, 1.807) is 24.3 Å². The quantitative estimate of drug-likeness (QED) is 0.595. The van der Waals surface area contributed by atoms with Crippen LogP contribution >= 0.6 is 0 Å². The Bertz CT molecular complexity index is 1100. The Morgan fingerprint density at radius 3 is 2.50 bits per heavy atom. The highest BCUT2D eigenvalue weighted by Crippen LogP contribution is 2.32. The van der Waals surface area contributed by atoms with Crippen molar-refractivity contribution in [2.45, 2.75) is 11.4 Å². The van der Waals surface area contributed by atoms with Crippen molar-refractivity contribution in [1.29, 1.82) is 0 Å². The lowest BCUT2D eigenvalue weighted by Gasteiger charge is -2.25. The number of amides is 2. The maximum atomic E-state index is 13.0. The molecule has 0 saturated carbocycles. The third-order valence-corrected chi connectivity index (χ3v) is 6.53. The molecule has 0 radical (unpaired) electrons. The lowest BCUT2D eigenvalue weighted by molar-refractivity contribution is -0.131. The number of benzene rings is 2.